The van der Waals surface area contributed by atoms with Crippen LogP contribution in [0, 0.1) is 0 Å². The van der Waals surface area contributed by atoms with Crippen molar-refractivity contribution in [1.29, 1.82) is 0 Å². The Balaban J connectivity index is 1.55. The lowest BCUT2D eigenvalue weighted by atomic mass is 10.1. The number of benzene rings is 2. The Morgan fingerprint density at radius 3 is 2.65 bits per heavy atom. The number of nitrogens with one attached hydrogen (secondary N) is 1. The van der Waals surface area contributed by atoms with Gasteiger partial charge in [-0.05, 0) is 36.0 Å². The predicted octanol–water partition coefficient (Wildman–Crippen LogP) is 3.42. The summed E-state index contributed by atoms with van der Waals surface area (Å²) in [4.78, 5) is 12.1. The van der Waals surface area contributed by atoms with Crippen LogP contribution in [0.25, 0.3) is 0 Å². The normalized spacial score (nSPS) is 16.7. The van der Waals surface area contributed by atoms with E-state index in [0.717, 1.165) is 19.3 Å². The molecule has 1 amide bonds. The van der Waals surface area contributed by atoms with Gasteiger partial charge in [0, 0.05) is 6.42 Å². The van der Waals surface area contributed by atoms with Gasteiger partial charge < -0.3 is 5.32 Å². The van der Waals surface area contributed by atoms with Crippen molar-refractivity contribution >= 4 is 5.91 Å². The van der Waals surface area contributed by atoms with Crippen LogP contribution in [0.4, 0.5) is 0 Å². The molecule has 20 heavy (non-hydrogen) atoms. The number of fused-ring (bicyclic) bond motifs is 1. The van der Waals surface area contributed by atoms with Gasteiger partial charge in [0.1, 0.15) is 0 Å². The van der Waals surface area contributed by atoms with Gasteiger partial charge in [-0.2, -0.15) is 0 Å². The molecule has 0 heterocycles. The van der Waals surface area contributed by atoms with Crippen molar-refractivity contribution in [2.24, 2.45) is 0 Å². The van der Waals surface area contributed by atoms with Gasteiger partial charge in [-0.3, -0.25) is 4.79 Å². The Bertz CT molecular complexity index is 591. The van der Waals surface area contributed by atoms with Crippen LogP contribution in [0.1, 0.15) is 35.6 Å². The summed E-state index contributed by atoms with van der Waals surface area (Å²) < 4.78 is 0. The van der Waals surface area contributed by atoms with Crippen LogP contribution in [0.2, 0.25) is 0 Å². The van der Waals surface area contributed by atoms with E-state index in [-0.39, 0.29) is 11.9 Å². The average molecular weight is 265 g/mol. The first kappa shape index (κ1) is 12.9. The molecule has 1 aliphatic rings. The highest BCUT2D eigenvalue weighted by Crippen LogP contribution is 2.30. The fraction of sp³-hybridized carbons (Fsp3) is 0.278. The van der Waals surface area contributed by atoms with Gasteiger partial charge in [0.15, 0.2) is 0 Å². The molecule has 2 aromatic rings. The van der Waals surface area contributed by atoms with Gasteiger partial charge in [0.25, 0.3) is 0 Å². The lowest BCUT2D eigenvalue weighted by molar-refractivity contribution is -0.121. The summed E-state index contributed by atoms with van der Waals surface area (Å²) in [6, 6.07) is 18.8. The van der Waals surface area contributed by atoms with Crippen molar-refractivity contribution in [2.45, 2.75) is 31.7 Å². The zero-order valence-corrected chi connectivity index (χ0v) is 11.5. The zero-order valence-electron chi connectivity index (χ0n) is 11.5. The average Bonchev–Trinajstić information content (AvgIpc) is 2.90. The third-order valence-corrected chi connectivity index (χ3v) is 3.95. The molecule has 102 valence electrons. The third kappa shape index (κ3) is 2.90. The van der Waals surface area contributed by atoms with Crippen LogP contribution >= 0.6 is 0 Å². The molecule has 1 N–H and O–H groups in total. The van der Waals surface area contributed by atoms with E-state index in [1.54, 1.807) is 0 Å². The lowest BCUT2D eigenvalue weighted by Crippen LogP contribution is -2.27. The quantitative estimate of drug-likeness (QED) is 0.901. The standard InChI is InChI=1S/C18H19NO/c20-18(13-10-14-6-2-1-3-7-14)19-17-12-11-15-8-4-5-9-16(15)17/h1-9,17H,10-13H2,(H,19,20)/t17-/m1/s1. The van der Waals surface area contributed by atoms with Gasteiger partial charge in [-0.15, -0.1) is 0 Å². The third-order valence-electron chi connectivity index (χ3n) is 3.95. The largest absolute Gasteiger partial charge is 0.349 e. The van der Waals surface area contributed by atoms with E-state index in [0.29, 0.717) is 6.42 Å². The van der Waals surface area contributed by atoms with Crippen molar-refractivity contribution in [3.8, 4) is 0 Å². The molecule has 0 aliphatic heterocycles. The number of rotatable bonds is 4. The monoisotopic (exact) mass is 265 g/mol. The SMILES string of the molecule is O=C(CCc1ccccc1)N[C@@H]1CCc2ccccc21. The summed E-state index contributed by atoms with van der Waals surface area (Å²) in [5.41, 5.74) is 3.89. The van der Waals surface area contributed by atoms with Crippen LogP contribution in [0.15, 0.2) is 54.6 Å². The second-order valence-electron chi connectivity index (χ2n) is 5.34. The summed E-state index contributed by atoms with van der Waals surface area (Å²) in [5.74, 6) is 0.149. The lowest BCUT2D eigenvalue weighted by Gasteiger charge is -2.14. The Kier molecular flexibility index (Phi) is 3.82. The minimum absolute atomic E-state index is 0.149. The van der Waals surface area contributed by atoms with Gasteiger partial charge in [-0.25, -0.2) is 0 Å². The molecule has 3 rings (SSSR count). The smallest absolute Gasteiger partial charge is 0.220 e. The molecule has 2 heteroatoms. The number of hydrogen-bond acceptors (Lipinski definition) is 1. The molecule has 2 nitrogen and oxygen atoms in total. The van der Waals surface area contributed by atoms with Crippen LogP contribution in [0.5, 0.6) is 0 Å². The topological polar surface area (TPSA) is 29.1 Å². The maximum Gasteiger partial charge on any atom is 0.220 e. The van der Waals surface area contributed by atoms with Gasteiger partial charge in [0.05, 0.1) is 6.04 Å². The molecule has 0 fully saturated rings. The van der Waals surface area contributed by atoms with Gasteiger partial charge in [0.2, 0.25) is 5.91 Å². The van der Waals surface area contributed by atoms with E-state index in [2.05, 4.69) is 35.6 Å². The molecule has 0 saturated heterocycles. The number of amides is 1. The van der Waals surface area contributed by atoms with E-state index in [1.807, 2.05) is 24.3 Å². The van der Waals surface area contributed by atoms with Gasteiger partial charge >= 0.3 is 0 Å². The van der Waals surface area contributed by atoms with Gasteiger partial charge in [-0.1, -0.05) is 54.6 Å². The molecular formula is C18H19NO. The van der Waals surface area contributed by atoms with E-state index in [9.17, 15) is 4.79 Å². The number of aryl methyl sites for hydroxylation is 2. The van der Waals surface area contributed by atoms with E-state index in [4.69, 9.17) is 0 Å². The first-order valence-electron chi connectivity index (χ1n) is 7.24. The molecule has 0 saturated carbocycles. The predicted molar refractivity (Wildman–Crippen MR) is 80.4 cm³/mol. The number of carbonyl (C=O) groups excluding carboxylic acids is 1. The van der Waals surface area contributed by atoms with E-state index >= 15 is 0 Å². The Morgan fingerprint density at radius 1 is 1.05 bits per heavy atom. The first-order valence-corrected chi connectivity index (χ1v) is 7.24. The zero-order chi connectivity index (χ0) is 13.8. The molecular weight excluding hydrogens is 246 g/mol. The molecule has 1 aliphatic carbocycles. The minimum atomic E-state index is 0.149. The summed E-state index contributed by atoms with van der Waals surface area (Å²) >= 11 is 0. The van der Waals surface area contributed by atoms with Crippen molar-refractivity contribution in [3.05, 3.63) is 71.3 Å². The minimum Gasteiger partial charge on any atom is -0.349 e. The van der Waals surface area contributed by atoms with Crippen molar-refractivity contribution < 1.29 is 4.79 Å². The Hall–Kier alpha value is -2.09. The summed E-state index contributed by atoms with van der Waals surface area (Å²) in [6.45, 7) is 0. The Labute approximate surface area is 119 Å². The molecule has 0 radical (unpaired) electrons. The fourth-order valence-electron chi connectivity index (χ4n) is 2.88. The highest BCUT2D eigenvalue weighted by molar-refractivity contribution is 5.77. The molecule has 0 aromatic heterocycles. The summed E-state index contributed by atoms with van der Waals surface area (Å²) in [7, 11) is 0. The maximum atomic E-state index is 12.1. The highest BCUT2D eigenvalue weighted by Gasteiger charge is 2.22. The molecule has 2 aromatic carbocycles. The Morgan fingerprint density at radius 2 is 1.80 bits per heavy atom. The molecule has 0 bridgehead atoms. The van der Waals surface area contributed by atoms with Crippen molar-refractivity contribution in [3.63, 3.8) is 0 Å². The number of hydrogen-bond donors (Lipinski definition) is 1. The van der Waals surface area contributed by atoms with Crippen molar-refractivity contribution in [2.75, 3.05) is 0 Å². The van der Waals surface area contributed by atoms with E-state index in [1.165, 1.54) is 16.7 Å². The summed E-state index contributed by atoms with van der Waals surface area (Å²) in [5, 5.41) is 3.17. The summed E-state index contributed by atoms with van der Waals surface area (Å²) in [6.07, 6.45) is 3.46. The number of carbonyl (C=O) groups is 1. The second kappa shape index (κ2) is 5.91. The van der Waals surface area contributed by atoms with Crippen LogP contribution < -0.4 is 5.32 Å². The van der Waals surface area contributed by atoms with Crippen LogP contribution in [-0.4, -0.2) is 5.91 Å². The second-order valence-corrected chi connectivity index (χ2v) is 5.34. The highest BCUT2D eigenvalue weighted by atomic mass is 16.1. The van der Waals surface area contributed by atoms with E-state index < -0.39 is 0 Å². The molecule has 0 unspecified atom stereocenters. The van der Waals surface area contributed by atoms with Crippen molar-refractivity contribution in [1.82, 2.24) is 5.32 Å². The fourth-order valence-corrected chi connectivity index (χ4v) is 2.88. The molecule has 0 spiro atoms. The molecule has 1 atom stereocenters. The maximum absolute atomic E-state index is 12.1. The van der Waals surface area contributed by atoms with Crippen LogP contribution in [0.3, 0.4) is 0 Å². The first-order chi connectivity index (χ1) is 9.83. The van der Waals surface area contributed by atoms with Crippen LogP contribution in [-0.2, 0) is 17.6 Å².